The molecule has 1 aliphatic rings. The predicted octanol–water partition coefficient (Wildman–Crippen LogP) is 4.26. The van der Waals surface area contributed by atoms with Crippen LogP contribution in [0, 0.1) is 0 Å². The fourth-order valence-corrected chi connectivity index (χ4v) is 3.31. The number of nitrogens with zero attached hydrogens (tertiary/aromatic N) is 2. The molecule has 1 atom stereocenters. The maximum absolute atomic E-state index is 12.8. The van der Waals surface area contributed by atoms with Gasteiger partial charge in [0.05, 0.1) is 12.5 Å². The highest BCUT2D eigenvalue weighted by atomic mass is 35.5. The van der Waals surface area contributed by atoms with E-state index in [1.165, 1.54) is 6.92 Å². The molecule has 3 rings (SSSR count). The third kappa shape index (κ3) is 3.97. The van der Waals surface area contributed by atoms with E-state index < -0.39 is 0 Å². The summed E-state index contributed by atoms with van der Waals surface area (Å²) in [6, 6.07) is 15.0. The molecule has 2 aromatic rings. The van der Waals surface area contributed by atoms with Crippen LogP contribution in [0.25, 0.3) is 6.08 Å². The Balaban J connectivity index is 1.76. The van der Waals surface area contributed by atoms with Crippen LogP contribution in [0.1, 0.15) is 36.1 Å². The van der Waals surface area contributed by atoms with Gasteiger partial charge in [0.25, 0.3) is 0 Å². The number of benzene rings is 2. The van der Waals surface area contributed by atoms with E-state index in [0.29, 0.717) is 11.6 Å². The molecule has 0 radical (unpaired) electrons. The summed E-state index contributed by atoms with van der Waals surface area (Å²) in [5.41, 5.74) is 3.05. The van der Waals surface area contributed by atoms with Gasteiger partial charge < -0.3 is 9.80 Å². The maximum atomic E-state index is 12.8. The van der Waals surface area contributed by atoms with Crippen LogP contribution in [0.3, 0.4) is 0 Å². The Kier molecular flexibility index (Phi) is 5.43. The van der Waals surface area contributed by atoms with E-state index in [-0.39, 0.29) is 24.3 Å². The Bertz CT molecular complexity index is 845. The fraction of sp³-hybridized carbons (Fsp3) is 0.238. The summed E-state index contributed by atoms with van der Waals surface area (Å²) in [4.78, 5) is 28.1. The number of fused-ring (bicyclic) bond motifs is 1. The summed E-state index contributed by atoms with van der Waals surface area (Å²) in [6.45, 7) is 2.02. The van der Waals surface area contributed by atoms with Crippen molar-refractivity contribution in [2.45, 2.75) is 25.9 Å². The van der Waals surface area contributed by atoms with Crippen molar-refractivity contribution in [1.82, 2.24) is 9.80 Å². The first kappa shape index (κ1) is 18.2. The van der Waals surface area contributed by atoms with Crippen molar-refractivity contribution in [1.29, 1.82) is 0 Å². The van der Waals surface area contributed by atoms with Crippen LogP contribution in [0.5, 0.6) is 0 Å². The third-order valence-corrected chi connectivity index (χ3v) is 4.85. The highest BCUT2D eigenvalue weighted by Crippen LogP contribution is 2.33. The molecule has 1 heterocycles. The Morgan fingerprint density at radius 1 is 1.12 bits per heavy atom. The Morgan fingerprint density at radius 2 is 1.81 bits per heavy atom. The van der Waals surface area contributed by atoms with E-state index in [9.17, 15) is 9.59 Å². The molecule has 0 aromatic heterocycles. The summed E-state index contributed by atoms with van der Waals surface area (Å²) >= 11 is 5.91. The number of carbonyl (C=O) groups is 2. The second-order valence-electron chi connectivity index (χ2n) is 6.47. The van der Waals surface area contributed by atoms with Crippen LogP contribution in [-0.4, -0.2) is 28.7 Å². The lowest BCUT2D eigenvalue weighted by Crippen LogP contribution is -2.35. The zero-order chi connectivity index (χ0) is 18.7. The summed E-state index contributed by atoms with van der Waals surface area (Å²) in [6.07, 6.45) is 3.92. The number of hydrogen-bond donors (Lipinski definition) is 0. The van der Waals surface area contributed by atoms with Crippen LogP contribution in [0.15, 0.2) is 54.7 Å². The molecule has 134 valence electrons. The average molecular weight is 369 g/mol. The van der Waals surface area contributed by atoms with E-state index in [4.69, 9.17) is 11.6 Å². The molecule has 0 N–H and O–H groups in total. The standard InChI is InChI=1S/C21H21ClN2O2/c1-15(25)24-12-11-17-5-3-4-6-19(17)20(24)13-21(26)23(2)14-16-7-9-18(22)10-8-16/h3-12,20H,13-14H2,1-2H3. The lowest BCUT2D eigenvalue weighted by Gasteiger charge is -2.33. The predicted molar refractivity (Wildman–Crippen MR) is 103 cm³/mol. The molecule has 0 saturated heterocycles. The van der Waals surface area contributed by atoms with Crippen molar-refractivity contribution in [3.8, 4) is 0 Å². The first-order valence-electron chi connectivity index (χ1n) is 8.50. The van der Waals surface area contributed by atoms with Gasteiger partial charge in [-0.2, -0.15) is 0 Å². The highest BCUT2D eigenvalue weighted by Gasteiger charge is 2.29. The van der Waals surface area contributed by atoms with Crippen molar-refractivity contribution in [3.63, 3.8) is 0 Å². The van der Waals surface area contributed by atoms with E-state index >= 15 is 0 Å². The number of hydrogen-bond acceptors (Lipinski definition) is 2. The molecule has 0 spiro atoms. The SMILES string of the molecule is CC(=O)N1C=Cc2ccccc2C1CC(=O)N(C)Cc1ccc(Cl)cc1. The van der Waals surface area contributed by atoms with Crippen molar-refractivity contribution in [2.75, 3.05) is 7.05 Å². The van der Waals surface area contributed by atoms with E-state index in [0.717, 1.165) is 16.7 Å². The minimum Gasteiger partial charge on any atom is -0.341 e. The molecule has 5 heteroatoms. The van der Waals surface area contributed by atoms with Gasteiger partial charge in [-0.3, -0.25) is 9.59 Å². The fourth-order valence-electron chi connectivity index (χ4n) is 3.19. The number of halogens is 1. The van der Waals surface area contributed by atoms with Gasteiger partial charge in [0.2, 0.25) is 11.8 Å². The quantitative estimate of drug-likeness (QED) is 0.808. The first-order valence-corrected chi connectivity index (χ1v) is 8.88. The molecular weight excluding hydrogens is 348 g/mol. The lowest BCUT2D eigenvalue weighted by molar-refractivity contribution is -0.134. The Morgan fingerprint density at radius 3 is 2.50 bits per heavy atom. The van der Waals surface area contributed by atoms with Gasteiger partial charge in [0.1, 0.15) is 0 Å². The van der Waals surface area contributed by atoms with Crippen LogP contribution in [-0.2, 0) is 16.1 Å². The molecule has 2 aromatic carbocycles. The summed E-state index contributed by atoms with van der Waals surface area (Å²) in [5, 5.41) is 0.672. The minimum absolute atomic E-state index is 0.0127. The van der Waals surface area contributed by atoms with Crippen molar-refractivity contribution >= 4 is 29.5 Å². The first-order chi connectivity index (χ1) is 12.5. The number of rotatable bonds is 4. The normalized spacial score (nSPS) is 15.5. The van der Waals surface area contributed by atoms with Crippen LogP contribution >= 0.6 is 11.6 Å². The average Bonchev–Trinajstić information content (AvgIpc) is 2.63. The number of amides is 2. The van der Waals surface area contributed by atoms with E-state index in [1.54, 1.807) is 23.0 Å². The molecule has 0 fully saturated rings. The van der Waals surface area contributed by atoms with Crippen molar-refractivity contribution < 1.29 is 9.59 Å². The molecule has 1 unspecified atom stereocenters. The second kappa shape index (κ2) is 7.75. The van der Waals surface area contributed by atoms with E-state index in [2.05, 4.69) is 0 Å². The summed E-state index contributed by atoms with van der Waals surface area (Å²) in [5.74, 6) is -0.0878. The van der Waals surface area contributed by atoms with Crippen molar-refractivity contribution in [2.24, 2.45) is 0 Å². The molecule has 1 aliphatic heterocycles. The molecule has 0 saturated carbocycles. The van der Waals surface area contributed by atoms with Gasteiger partial charge in [-0.05, 0) is 34.9 Å². The van der Waals surface area contributed by atoms with Gasteiger partial charge in [-0.25, -0.2) is 0 Å². The maximum Gasteiger partial charge on any atom is 0.225 e. The van der Waals surface area contributed by atoms with Gasteiger partial charge in [-0.1, -0.05) is 48.0 Å². The number of carbonyl (C=O) groups excluding carboxylic acids is 2. The topological polar surface area (TPSA) is 40.6 Å². The van der Waals surface area contributed by atoms with Gasteiger partial charge in [0, 0.05) is 31.7 Å². The smallest absolute Gasteiger partial charge is 0.225 e. The molecule has 4 nitrogen and oxygen atoms in total. The zero-order valence-electron chi connectivity index (χ0n) is 14.9. The lowest BCUT2D eigenvalue weighted by atomic mass is 9.93. The van der Waals surface area contributed by atoms with Crippen LogP contribution < -0.4 is 0 Å². The highest BCUT2D eigenvalue weighted by molar-refractivity contribution is 6.30. The van der Waals surface area contributed by atoms with Crippen LogP contribution in [0.2, 0.25) is 5.02 Å². The third-order valence-electron chi connectivity index (χ3n) is 4.60. The van der Waals surface area contributed by atoms with Gasteiger partial charge >= 0.3 is 0 Å². The zero-order valence-corrected chi connectivity index (χ0v) is 15.6. The molecule has 0 bridgehead atoms. The summed E-state index contributed by atoms with van der Waals surface area (Å²) < 4.78 is 0. The van der Waals surface area contributed by atoms with Crippen LogP contribution in [0.4, 0.5) is 0 Å². The second-order valence-corrected chi connectivity index (χ2v) is 6.90. The summed E-state index contributed by atoms with van der Waals surface area (Å²) in [7, 11) is 1.78. The van der Waals surface area contributed by atoms with Gasteiger partial charge in [0.15, 0.2) is 0 Å². The monoisotopic (exact) mass is 368 g/mol. The molecular formula is C21H21ClN2O2. The molecule has 26 heavy (non-hydrogen) atoms. The van der Waals surface area contributed by atoms with E-state index in [1.807, 2.05) is 54.6 Å². The Hall–Kier alpha value is -2.59. The van der Waals surface area contributed by atoms with Gasteiger partial charge in [-0.15, -0.1) is 0 Å². The minimum atomic E-state index is -0.283. The van der Waals surface area contributed by atoms with Crippen molar-refractivity contribution in [3.05, 3.63) is 76.4 Å². The Labute approximate surface area is 158 Å². The largest absolute Gasteiger partial charge is 0.341 e. The molecule has 0 aliphatic carbocycles. The molecule has 2 amide bonds.